The van der Waals surface area contributed by atoms with Crippen molar-refractivity contribution in [3.8, 4) is 11.9 Å². The fourth-order valence-corrected chi connectivity index (χ4v) is 2.56. The van der Waals surface area contributed by atoms with E-state index in [2.05, 4.69) is 11.2 Å². The highest BCUT2D eigenvalue weighted by Gasteiger charge is 2.17. The van der Waals surface area contributed by atoms with Crippen LogP contribution in [0.15, 0.2) is 48.5 Å². The summed E-state index contributed by atoms with van der Waals surface area (Å²) in [6.07, 6.45) is 0. The Morgan fingerprint density at radius 1 is 1.12 bits per heavy atom. The van der Waals surface area contributed by atoms with Gasteiger partial charge in [-0.05, 0) is 30.5 Å². The number of anilines is 1. The standard InChI is InChI=1S/C20H20N4O/c1-14-7-9-16(10-8-14)12-24-19(22)18(11-21)20(23-24)25-13-17-6-4-3-5-15(17)2/h3-10H,12-13,22H2,1-2H3. The molecule has 0 unspecified atom stereocenters. The van der Waals surface area contributed by atoms with Gasteiger partial charge in [0.05, 0.1) is 6.54 Å². The van der Waals surface area contributed by atoms with E-state index in [1.165, 1.54) is 5.56 Å². The highest BCUT2D eigenvalue weighted by molar-refractivity contribution is 5.55. The molecule has 0 aliphatic rings. The molecule has 0 radical (unpaired) electrons. The normalized spacial score (nSPS) is 10.4. The number of hydrogen-bond acceptors (Lipinski definition) is 4. The first-order chi connectivity index (χ1) is 12.1. The Balaban J connectivity index is 1.81. The Labute approximate surface area is 147 Å². The number of benzene rings is 2. The molecule has 5 heteroatoms. The molecular formula is C20H20N4O. The number of ether oxygens (including phenoxy) is 1. The van der Waals surface area contributed by atoms with Gasteiger partial charge in [-0.2, -0.15) is 5.26 Å². The van der Waals surface area contributed by atoms with Crippen molar-refractivity contribution in [1.82, 2.24) is 9.78 Å². The van der Waals surface area contributed by atoms with Crippen LogP contribution in [0.25, 0.3) is 0 Å². The van der Waals surface area contributed by atoms with Crippen LogP contribution >= 0.6 is 0 Å². The van der Waals surface area contributed by atoms with Crippen LogP contribution in [0.1, 0.15) is 27.8 Å². The van der Waals surface area contributed by atoms with E-state index in [-0.39, 0.29) is 11.4 Å². The van der Waals surface area contributed by atoms with Crippen LogP contribution in [0.2, 0.25) is 0 Å². The van der Waals surface area contributed by atoms with Gasteiger partial charge in [-0.1, -0.05) is 54.1 Å². The zero-order valence-corrected chi connectivity index (χ0v) is 14.4. The highest BCUT2D eigenvalue weighted by atomic mass is 16.5. The lowest BCUT2D eigenvalue weighted by molar-refractivity contribution is 0.288. The maximum absolute atomic E-state index is 9.40. The number of aryl methyl sites for hydroxylation is 2. The Kier molecular flexibility index (Phi) is 4.71. The Morgan fingerprint density at radius 2 is 1.84 bits per heavy atom. The maximum Gasteiger partial charge on any atom is 0.253 e. The van der Waals surface area contributed by atoms with Crippen molar-refractivity contribution in [2.24, 2.45) is 0 Å². The average molecular weight is 332 g/mol. The van der Waals surface area contributed by atoms with E-state index in [0.29, 0.717) is 19.0 Å². The first-order valence-corrected chi connectivity index (χ1v) is 8.07. The molecule has 0 aliphatic carbocycles. The topological polar surface area (TPSA) is 76.9 Å². The average Bonchev–Trinajstić information content (AvgIpc) is 2.91. The van der Waals surface area contributed by atoms with E-state index in [0.717, 1.165) is 16.7 Å². The Bertz CT molecular complexity index is 920. The van der Waals surface area contributed by atoms with Crippen LogP contribution < -0.4 is 10.5 Å². The number of nitrogens with zero attached hydrogens (tertiary/aromatic N) is 3. The van der Waals surface area contributed by atoms with Gasteiger partial charge >= 0.3 is 0 Å². The third-order valence-electron chi connectivity index (χ3n) is 4.15. The van der Waals surface area contributed by atoms with E-state index in [4.69, 9.17) is 10.5 Å². The molecule has 3 aromatic rings. The number of rotatable bonds is 5. The molecule has 3 rings (SSSR count). The monoisotopic (exact) mass is 332 g/mol. The van der Waals surface area contributed by atoms with Crippen LogP contribution in [0, 0.1) is 25.2 Å². The lowest BCUT2D eigenvalue weighted by Crippen LogP contribution is -2.06. The first kappa shape index (κ1) is 16.6. The molecule has 2 aromatic carbocycles. The largest absolute Gasteiger partial charge is 0.471 e. The van der Waals surface area contributed by atoms with Gasteiger partial charge in [0.15, 0.2) is 5.56 Å². The molecule has 0 fully saturated rings. The zero-order chi connectivity index (χ0) is 17.8. The number of nitrogens with two attached hydrogens (primary N) is 1. The summed E-state index contributed by atoms with van der Waals surface area (Å²) in [4.78, 5) is 0. The van der Waals surface area contributed by atoms with E-state index in [1.807, 2.05) is 62.4 Å². The van der Waals surface area contributed by atoms with Crippen LogP contribution in [0.4, 0.5) is 5.82 Å². The summed E-state index contributed by atoms with van der Waals surface area (Å²) in [7, 11) is 0. The van der Waals surface area contributed by atoms with Gasteiger partial charge in [-0.25, -0.2) is 4.68 Å². The van der Waals surface area contributed by atoms with Crippen molar-refractivity contribution in [3.63, 3.8) is 0 Å². The molecule has 1 heterocycles. The molecule has 0 bridgehead atoms. The molecule has 1 aromatic heterocycles. The van der Waals surface area contributed by atoms with E-state index in [9.17, 15) is 5.26 Å². The van der Waals surface area contributed by atoms with Gasteiger partial charge < -0.3 is 10.5 Å². The molecule has 0 amide bonds. The summed E-state index contributed by atoms with van der Waals surface area (Å²) in [6, 6.07) is 18.2. The molecule has 5 nitrogen and oxygen atoms in total. The van der Waals surface area contributed by atoms with Gasteiger partial charge in [-0.3, -0.25) is 0 Å². The van der Waals surface area contributed by atoms with Gasteiger partial charge in [0.2, 0.25) is 0 Å². The van der Waals surface area contributed by atoms with Crippen LogP contribution in [0.3, 0.4) is 0 Å². The minimum atomic E-state index is 0.273. The van der Waals surface area contributed by atoms with Gasteiger partial charge in [-0.15, -0.1) is 5.10 Å². The highest BCUT2D eigenvalue weighted by Crippen LogP contribution is 2.25. The van der Waals surface area contributed by atoms with Crippen LogP contribution in [-0.2, 0) is 13.2 Å². The predicted octanol–water partition coefficient (Wildman–Crippen LogP) is 3.58. The molecule has 0 spiro atoms. The third kappa shape index (κ3) is 3.64. The molecule has 0 saturated heterocycles. The number of hydrogen-bond donors (Lipinski definition) is 1. The second kappa shape index (κ2) is 7.10. The molecular weight excluding hydrogens is 312 g/mol. The van der Waals surface area contributed by atoms with Crippen LogP contribution in [-0.4, -0.2) is 9.78 Å². The van der Waals surface area contributed by atoms with Crippen molar-refractivity contribution in [2.75, 3.05) is 5.73 Å². The summed E-state index contributed by atoms with van der Waals surface area (Å²) in [6.45, 7) is 4.91. The van der Waals surface area contributed by atoms with Crippen molar-refractivity contribution in [3.05, 3.63) is 76.3 Å². The SMILES string of the molecule is Cc1ccc(Cn2nc(OCc3ccccc3C)c(C#N)c2N)cc1. The van der Waals surface area contributed by atoms with Crippen LogP contribution in [0.5, 0.6) is 5.88 Å². The van der Waals surface area contributed by atoms with Gasteiger partial charge in [0, 0.05) is 0 Å². The number of aromatic nitrogens is 2. The number of nitrogen functional groups attached to an aromatic ring is 1. The summed E-state index contributed by atoms with van der Waals surface area (Å²) in [5.74, 6) is 0.596. The van der Waals surface area contributed by atoms with Crippen molar-refractivity contribution < 1.29 is 4.74 Å². The summed E-state index contributed by atoms with van der Waals surface area (Å²) >= 11 is 0. The second-order valence-electron chi connectivity index (χ2n) is 6.04. The second-order valence-corrected chi connectivity index (χ2v) is 6.04. The molecule has 2 N–H and O–H groups in total. The Hall–Kier alpha value is -3.26. The number of nitriles is 1. The van der Waals surface area contributed by atoms with E-state index >= 15 is 0 Å². The lowest BCUT2D eigenvalue weighted by atomic mass is 10.1. The van der Waals surface area contributed by atoms with Gasteiger partial charge in [0.25, 0.3) is 5.88 Å². The van der Waals surface area contributed by atoms with Crippen molar-refractivity contribution in [2.45, 2.75) is 27.0 Å². The molecule has 126 valence electrons. The van der Waals surface area contributed by atoms with Crippen molar-refractivity contribution in [1.29, 1.82) is 5.26 Å². The van der Waals surface area contributed by atoms with E-state index < -0.39 is 0 Å². The summed E-state index contributed by atoms with van der Waals surface area (Å²) in [5.41, 5.74) is 10.8. The fourth-order valence-electron chi connectivity index (χ4n) is 2.56. The smallest absolute Gasteiger partial charge is 0.253 e. The van der Waals surface area contributed by atoms with E-state index in [1.54, 1.807) is 4.68 Å². The summed E-state index contributed by atoms with van der Waals surface area (Å²) < 4.78 is 7.39. The first-order valence-electron chi connectivity index (χ1n) is 8.07. The minimum Gasteiger partial charge on any atom is -0.471 e. The Morgan fingerprint density at radius 3 is 2.52 bits per heavy atom. The molecule has 25 heavy (non-hydrogen) atoms. The third-order valence-corrected chi connectivity index (χ3v) is 4.15. The maximum atomic E-state index is 9.40. The van der Waals surface area contributed by atoms with Gasteiger partial charge in [0.1, 0.15) is 18.5 Å². The molecule has 0 saturated carbocycles. The molecule has 0 aliphatic heterocycles. The molecule has 0 atom stereocenters. The zero-order valence-electron chi connectivity index (χ0n) is 14.4. The minimum absolute atomic E-state index is 0.273. The lowest BCUT2D eigenvalue weighted by Gasteiger charge is -2.06. The summed E-state index contributed by atoms with van der Waals surface area (Å²) in [5, 5.41) is 13.8. The predicted molar refractivity (Wildman–Crippen MR) is 97.1 cm³/mol. The quantitative estimate of drug-likeness (QED) is 0.774. The fraction of sp³-hybridized carbons (Fsp3) is 0.200. The van der Waals surface area contributed by atoms with Crippen molar-refractivity contribution >= 4 is 5.82 Å².